The largest absolute Gasteiger partial charge is 0.393 e. The third kappa shape index (κ3) is 2.96. The van der Waals surface area contributed by atoms with Crippen LogP contribution in [0.1, 0.15) is 22.1 Å². The summed E-state index contributed by atoms with van der Waals surface area (Å²) >= 11 is 2.28. The van der Waals surface area contributed by atoms with Crippen LogP contribution in [0.15, 0.2) is 46.1 Å². The van der Waals surface area contributed by atoms with Gasteiger partial charge in [0.25, 0.3) is 5.56 Å². The highest BCUT2D eigenvalue weighted by molar-refractivity contribution is 8.25. The quantitative estimate of drug-likeness (QED) is 0.651. The Kier molecular flexibility index (Phi) is 5.00. The maximum Gasteiger partial charge on any atom is 0.330 e. The van der Waals surface area contributed by atoms with Crippen molar-refractivity contribution in [2.24, 2.45) is 0 Å². The number of carbonyl (C=O) groups is 1. The molecule has 1 aromatic carbocycles. The molecule has 148 valence electrons. The average molecular weight is 422 g/mol. The molecule has 8 nitrogen and oxygen atoms in total. The minimum Gasteiger partial charge on any atom is -0.393 e. The number of aryl methyl sites for hydroxylation is 1. The summed E-state index contributed by atoms with van der Waals surface area (Å²) in [5, 5.41) is 20.0. The molecule has 2 aromatic rings. The molecule has 0 unspecified atom stereocenters. The van der Waals surface area contributed by atoms with Crippen LogP contribution in [-0.2, 0) is 4.74 Å². The second kappa shape index (κ2) is 7.20. The standard InChI is InChI=1S/C18H18N2O6S2/c1-9-7-20(17(25)19-13(9)23)14-11-12(22)18(8-21,26-14)16(27-11)28-15(24)10-5-3-2-4-6-10/h2-7,11-12,14,16,21-22H,8H2,1H3,(H,19,23,25)/t11-,12+,14-,16-,18-/m1/s1. The van der Waals surface area contributed by atoms with Gasteiger partial charge in [-0.1, -0.05) is 42.1 Å². The maximum absolute atomic E-state index is 12.6. The van der Waals surface area contributed by atoms with Crippen molar-refractivity contribution in [1.82, 2.24) is 9.55 Å². The van der Waals surface area contributed by atoms with Gasteiger partial charge in [-0.15, -0.1) is 11.8 Å². The van der Waals surface area contributed by atoms with Crippen LogP contribution in [0.3, 0.4) is 0 Å². The zero-order valence-corrected chi connectivity index (χ0v) is 16.4. The molecule has 0 aliphatic carbocycles. The van der Waals surface area contributed by atoms with Crippen LogP contribution in [0.25, 0.3) is 0 Å². The van der Waals surface area contributed by atoms with Gasteiger partial charge in [-0.25, -0.2) is 4.79 Å². The van der Waals surface area contributed by atoms with Crippen LogP contribution in [0.4, 0.5) is 0 Å². The summed E-state index contributed by atoms with van der Waals surface area (Å²) in [4.78, 5) is 38.6. The highest BCUT2D eigenvalue weighted by Gasteiger charge is 2.66. The SMILES string of the molecule is Cc1cn([C@@H]2O[C@@]3(CO)[C@@H](SC(=O)c4ccccc4)S[C@@H]2[C@@H]3O)c(=O)[nH]c1=O. The van der Waals surface area contributed by atoms with Gasteiger partial charge in [-0.3, -0.25) is 19.1 Å². The summed E-state index contributed by atoms with van der Waals surface area (Å²) in [6.45, 7) is 1.05. The Balaban J connectivity index is 1.62. The van der Waals surface area contributed by atoms with Crippen molar-refractivity contribution in [3.8, 4) is 0 Å². The zero-order valence-electron chi connectivity index (χ0n) is 14.8. The van der Waals surface area contributed by atoms with Crippen LogP contribution < -0.4 is 11.2 Å². The molecule has 3 heterocycles. The third-order valence-electron chi connectivity index (χ3n) is 5.00. The van der Waals surface area contributed by atoms with E-state index >= 15 is 0 Å². The van der Waals surface area contributed by atoms with E-state index in [4.69, 9.17) is 4.74 Å². The lowest BCUT2D eigenvalue weighted by Crippen LogP contribution is -2.48. The number of thioether (sulfide) groups is 2. The highest BCUT2D eigenvalue weighted by atomic mass is 32.2. The number of carbonyl (C=O) groups excluding carboxylic acids is 1. The van der Waals surface area contributed by atoms with E-state index in [0.717, 1.165) is 11.8 Å². The van der Waals surface area contributed by atoms with Crippen LogP contribution in [-0.4, -0.2) is 53.0 Å². The van der Waals surface area contributed by atoms with E-state index in [0.29, 0.717) is 11.1 Å². The molecule has 10 heteroatoms. The predicted molar refractivity (Wildman–Crippen MR) is 106 cm³/mol. The first-order chi connectivity index (χ1) is 13.4. The van der Waals surface area contributed by atoms with Gasteiger partial charge in [0.2, 0.25) is 5.12 Å². The summed E-state index contributed by atoms with van der Waals surface area (Å²) < 4.78 is 6.64. The first-order valence-electron chi connectivity index (χ1n) is 8.57. The van der Waals surface area contributed by atoms with Crippen LogP contribution in [0.2, 0.25) is 0 Å². The van der Waals surface area contributed by atoms with Gasteiger partial charge >= 0.3 is 5.69 Å². The number of nitrogens with zero attached hydrogens (tertiary/aromatic N) is 1. The molecule has 0 amide bonds. The Morgan fingerprint density at radius 2 is 2.07 bits per heavy atom. The fraction of sp³-hybridized carbons (Fsp3) is 0.389. The first-order valence-corrected chi connectivity index (χ1v) is 10.4. The predicted octanol–water partition coefficient (Wildman–Crippen LogP) is 0.481. The average Bonchev–Trinajstić information content (AvgIpc) is 3.12. The van der Waals surface area contributed by atoms with Crippen molar-refractivity contribution < 1.29 is 19.7 Å². The molecule has 3 N–H and O–H groups in total. The monoisotopic (exact) mass is 422 g/mol. The van der Waals surface area contributed by atoms with Gasteiger partial charge in [-0.2, -0.15) is 0 Å². The number of H-pyrrole nitrogens is 1. The first kappa shape index (κ1) is 19.5. The number of hydrogen-bond donors (Lipinski definition) is 3. The normalized spacial score (nSPS) is 31.2. The van der Waals surface area contributed by atoms with Gasteiger partial charge in [0.15, 0.2) is 6.23 Å². The van der Waals surface area contributed by atoms with Crippen molar-refractivity contribution in [1.29, 1.82) is 0 Å². The van der Waals surface area contributed by atoms with E-state index in [9.17, 15) is 24.6 Å². The van der Waals surface area contributed by atoms with Gasteiger partial charge in [0, 0.05) is 17.3 Å². The summed E-state index contributed by atoms with van der Waals surface area (Å²) in [5.41, 5.74) is -1.69. The number of aliphatic hydroxyl groups excluding tert-OH is 2. The summed E-state index contributed by atoms with van der Waals surface area (Å²) in [6, 6.07) is 8.72. The molecule has 0 radical (unpaired) electrons. The van der Waals surface area contributed by atoms with Crippen molar-refractivity contribution in [3.63, 3.8) is 0 Å². The number of aromatic amines is 1. The Morgan fingerprint density at radius 3 is 2.75 bits per heavy atom. The molecule has 1 aromatic heterocycles. The fourth-order valence-electron chi connectivity index (χ4n) is 3.45. The van der Waals surface area contributed by atoms with Gasteiger partial charge in [0.1, 0.15) is 11.7 Å². The Bertz CT molecular complexity index is 1020. The Labute approximate surface area is 167 Å². The number of aliphatic hydroxyl groups is 2. The van der Waals surface area contributed by atoms with Crippen molar-refractivity contribution in [2.75, 3.05) is 6.61 Å². The number of aromatic nitrogens is 2. The Morgan fingerprint density at radius 1 is 1.36 bits per heavy atom. The molecule has 2 saturated heterocycles. The van der Waals surface area contributed by atoms with Crippen molar-refractivity contribution >= 4 is 28.6 Å². The molecule has 0 spiro atoms. The van der Waals surface area contributed by atoms with E-state index in [-0.39, 0.29) is 5.12 Å². The minimum atomic E-state index is -1.39. The molecular weight excluding hydrogens is 404 g/mol. The molecule has 2 aliphatic rings. The fourth-order valence-corrected chi connectivity index (χ4v) is 6.74. The second-order valence-corrected chi connectivity index (χ2v) is 9.41. The number of benzene rings is 1. The summed E-state index contributed by atoms with van der Waals surface area (Å²) in [6.07, 6.45) is -0.561. The topological polar surface area (TPSA) is 122 Å². The van der Waals surface area contributed by atoms with Gasteiger partial charge in [-0.05, 0) is 6.92 Å². The molecule has 0 saturated carbocycles. The molecule has 2 fully saturated rings. The van der Waals surface area contributed by atoms with Crippen molar-refractivity contribution in [2.45, 2.75) is 34.7 Å². The lowest BCUT2D eigenvalue weighted by molar-refractivity contribution is -0.119. The zero-order chi connectivity index (χ0) is 20.1. The number of ether oxygens (including phenoxy) is 1. The highest BCUT2D eigenvalue weighted by Crippen LogP contribution is 2.59. The lowest BCUT2D eigenvalue weighted by Gasteiger charge is -2.35. The van der Waals surface area contributed by atoms with E-state index in [2.05, 4.69) is 4.98 Å². The third-order valence-corrected chi connectivity index (χ3v) is 8.14. The molecule has 4 rings (SSSR count). The number of nitrogens with one attached hydrogen (secondary N) is 1. The molecule has 28 heavy (non-hydrogen) atoms. The Hall–Kier alpha value is -1.85. The van der Waals surface area contributed by atoms with E-state index in [1.54, 1.807) is 31.2 Å². The lowest BCUT2D eigenvalue weighted by atomic mass is 10.0. The van der Waals surface area contributed by atoms with Crippen LogP contribution in [0, 0.1) is 6.92 Å². The number of hydrogen-bond acceptors (Lipinski definition) is 8. The van der Waals surface area contributed by atoms with Crippen LogP contribution in [0.5, 0.6) is 0 Å². The summed E-state index contributed by atoms with van der Waals surface area (Å²) in [7, 11) is 0. The van der Waals surface area contributed by atoms with Gasteiger partial charge < -0.3 is 14.9 Å². The number of rotatable bonds is 4. The van der Waals surface area contributed by atoms with Crippen molar-refractivity contribution in [3.05, 3.63) is 68.5 Å². The van der Waals surface area contributed by atoms with Crippen LogP contribution >= 0.6 is 23.5 Å². The smallest absolute Gasteiger partial charge is 0.330 e. The van der Waals surface area contributed by atoms with E-state index in [1.165, 1.54) is 22.5 Å². The molecule has 2 bridgehead atoms. The maximum atomic E-state index is 12.6. The van der Waals surface area contributed by atoms with E-state index < -0.39 is 45.6 Å². The number of fused-ring (bicyclic) bond motifs is 2. The van der Waals surface area contributed by atoms with E-state index in [1.807, 2.05) is 6.07 Å². The molecular formula is C18H18N2O6S2. The minimum absolute atomic E-state index is 0.192. The van der Waals surface area contributed by atoms with Gasteiger partial charge in [0.05, 0.1) is 16.4 Å². The second-order valence-electron chi connectivity index (χ2n) is 6.75. The molecule has 2 aliphatic heterocycles. The summed E-state index contributed by atoms with van der Waals surface area (Å²) in [5.74, 6) is 0. The molecule has 5 atom stereocenters.